The maximum Gasteiger partial charge on any atom is 0.334 e. The third kappa shape index (κ3) is 8.53. The van der Waals surface area contributed by atoms with E-state index < -0.39 is 11.9 Å². The Hall–Kier alpha value is -1.32. The van der Waals surface area contributed by atoms with E-state index in [1.807, 2.05) is 41.5 Å². The lowest BCUT2D eigenvalue weighted by atomic mass is 9.98. The second-order valence-electron chi connectivity index (χ2n) is 6.69. The summed E-state index contributed by atoms with van der Waals surface area (Å²) in [4.78, 5) is 24.2. The molecule has 4 heteroatoms. The molecule has 21 heavy (non-hydrogen) atoms. The number of esters is 2. The maximum atomic E-state index is 12.2. The van der Waals surface area contributed by atoms with Crippen LogP contribution >= 0.6 is 0 Å². The summed E-state index contributed by atoms with van der Waals surface area (Å²) in [5.41, 5.74) is 0.789. The van der Waals surface area contributed by atoms with Gasteiger partial charge in [0.1, 0.15) is 0 Å². The van der Waals surface area contributed by atoms with Crippen LogP contribution in [0.15, 0.2) is 11.1 Å². The number of carbonyl (C=O) groups excluding carboxylic acids is 2. The summed E-state index contributed by atoms with van der Waals surface area (Å²) in [7, 11) is 0. The van der Waals surface area contributed by atoms with E-state index in [-0.39, 0.29) is 17.8 Å². The fraction of sp³-hybridized carbons (Fsp3) is 0.765. The summed E-state index contributed by atoms with van der Waals surface area (Å²) in [6.45, 7) is 14.2. The van der Waals surface area contributed by atoms with Gasteiger partial charge < -0.3 is 9.47 Å². The highest BCUT2D eigenvalue weighted by atomic mass is 16.5. The molecule has 4 nitrogen and oxygen atoms in total. The first-order valence-electron chi connectivity index (χ1n) is 7.69. The predicted molar refractivity (Wildman–Crippen MR) is 83.7 cm³/mol. The van der Waals surface area contributed by atoms with Crippen LogP contribution in [-0.2, 0) is 19.1 Å². The number of hydrogen-bond acceptors (Lipinski definition) is 4. The van der Waals surface area contributed by atoms with Crippen molar-refractivity contribution < 1.29 is 19.1 Å². The highest BCUT2D eigenvalue weighted by Crippen LogP contribution is 2.18. The molecular formula is C17H30O4. The quantitative estimate of drug-likeness (QED) is 0.506. The topological polar surface area (TPSA) is 52.6 Å². The second-order valence-corrected chi connectivity index (χ2v) is 6.69. The molecule has 0 N–H and O–H groups in total. The van der Waals surface area contributed by atoms with Crippen molar-refractivity contribution in [2.24, 2.45) is 17.8 Å². The first kappa shape index (κ1) is 19.7. The van der Waals surface area contributed by atoms with Crippen molar-refractivity contribution in [2.75, 3.05) is 13.2 Å². The lowest BCUT2D eigenvalue weighted by molar-refractivity contribution is -0.143. The highest BCUT2D eigenvalue weighted by molar-refractivity contribution is 6.00. The molecule has 0 heterocycles. The number of ether oxygens (including phenoxy) is 2. The average Bonchev–Trinajstić information content (AvgIpc) is 2.38. The lowest BCUT2D eigenvalue weighted by Crippen LogP contribution is -2.19. The molecule has 0 radical (unpaired) electrons. The van der Waals surface area contributed by atoms with E-state index in [0.29, 0.717) is 30.8 Å². The molecule has 0 fully saturated rings. The van der Waals surface area contributed by atoms with E-state index in [9.17, 15) is 9.59 Å². The monoisotopic (exact) mass is 298 g/mol. The van der Waals surface area contributed by atoms with Crippen molar-refractivity contribution >= 4 is 11.9 Å². The summed E-state index contributed by atoms with van der Waals surface area (Å²) in [5.74, 6) is -0.0395. The third-order valence-corrected chi connectivity index (χ3v) is 2.71. The molecule has 0 atom stereocenters. The van der Waals surface area contributed by atoms with Crippen LogP contribution in [0.25, 0.3) is 0 Å². The summed E-state index contributed by atoms with van der Waals surface area (Å²) in [6.07, 6.45) is 0.513. The molecule has 0 bridgehead atoms. The Kier molecular flexibility index (Phi) is 8.98. The number of rotatable bonds is 8. The van der Waals surface area contributed by atoms with Gasteiger partial charge in [0.05, 0.1) is 13.2 Å². The van der Waals surface area contributed by atoms with Crippen LogP contribution in [0.5, 0.6) is 0 Å². The van der Waals surface area contributed by atoms with E-state index in [1.165, 1.54) is 0 Å². The van der Waals surface area contributed by atoms with Gasteiger partial charge in [-0.25, -0.2) is 9.59 Å². The molecule has 122 valence electrons. The van der Waals surface area contributed by atoms with Gasteiger partial charge in [-0.15, -0.1) is 0 Å². The van der Waals surface area contributed by atoms with Crippen molar-refractivity contribution in [1.29, 1.82) is 0 Å². The fourth-order valence-electron chi connectivity index (χ4n) is 1.60. The summed E-state index contributed by atoms with van der Waals surface area (Å²) in [6, 6.07) is 0. The zero-order valence-electron chi connectivity index (χ0n) is 14.5. The van der Waals surface area contributed by atoms with Crippen LogP contribution < -0.4 is 0 Å². The predicted octanol–water partition coefficient (Wildman–Crippen LogP) is 3.75. The maximum absolute atomic E-state index is 12.2. The van der Waals surface area contributed by atoms with Gasteiger partial charge in [-0.05, 0) is 31.1 Å². The fourth-order valence-corrected chi connectivity index (χ4v) is 1.60. The van der Waals surface area contributed by atoms with Gasteiger partial charge in [0, 0.05) is 11.1 Å². The normalized spacial score (nSPS) is 12.7. The van der Waals surface area contributed by atoms with Gasteiger partial charge in [0.25, 0.3) is 0 Å². The van der Waals surface area contributed by atoms with E-state index in [4.69, 9.17) is 9.47 Å². The Morgan fingerprint density at radius 2 is 1.19 bits per heavy atom. The van der Waals surface area contributed by atoms with E-state index in [2.05, 4.69) is 0 Å². The molecule has 0 saturated heterocycles. The minimum absolute atomic E-state index is 0.263. The van der Waals surface area contributed by atoms with Gasteiger partial charge >= 0.3 is 11.9 Å². The molecule has 0 rings (SSSR count). The zero-order chi connectivity index (χ0) is 16.6. The molecule has 0 aliphatic rings. The lowest BCUT2D eigenvalue weighted by Gasteiger charge is -2.15. The largest absolute Gasteiger partial charge is 0.462 e. The van der Waals surface area contributed by atoms with Crippen molar-refractivity contribution in [3.05, 3.63) is 11.1 Å². The summed E-state index contributed by atoms with van der Waals surface area (Å²) in [5, 5.41) is 0. The molecular weight excluding hydrogens is 268 g/mol. The van der Waals surface area contributed by atoms with Gasteiger partial charge in [-0.1, -0.05) is 41.5 Å². The average molecular weight is 298 g/mol. The van der Waals surface area contributed by atoms with Crippen LogP contribution in [0, 0.1) is 17.8 Å². The summed E-state index contributed by atoms with van der Waals surface area (Å²) < 4.78 is 10.5. The van der Waals surface area contributed by atoms with Crippen molar-refractivity contribution in [3.8, 4) is 0 Å². The molecule has 0 aromatic carbocycles. The Morgan fingerprint density at radius 1 is 0.762 bits per heavy atom. The van der Waals surface area contributed by atoms with Gasteiger partial charge in [-0.2, -0.15) is 0 Å². The Balaban J connectivity index is 5.03. The van der Waals surface area contributed by atoms with Crippen LogP contribution in [0.1, 0.15) is 54.9 Å². The van der Waals surface area contributed by atoms with Crippen LogP contribution in [-0.4, -0.2) is 25.2 Å². The standard InChI is InChI=1S/C17H30O4/c1-11(2)8-15(17(19)21-10-13(5)6)14(7)16(18)20-9-12(3)4/h11-13H,8-10H2,1-7H3. The van der Waals surface area contributed by atoms with Gasteiger partial charge in [-0.3, -0.25) is 0 Å². The van der Waals surface area contributed by atoms with Gasteiger partial charge in [0.2, 0.25) is 0 Å². The first-order valence-corrected chi connectivity index (χ1v) is 7.69. The molecule has 0 saturated carbocycles. The Labute approximate surface area is 128 Å². The van der Waals surface area contributed by atoms with E-state index >= 15 is 0 Å². The minimum Gasteiger partial charge on any atom is -0.462 e. The van der Waals surface area contributed by atoms with Crippen molar-refractivity contribution in [2.45, 2.75) is 54.9 Å². The van der Waals surface area contributed by atoms with E-state index in [1.54, 1.807) is 6.92 Å². The molecule has 0 spiro atoms. The molecule has 0 amide bonds. The number of hydrogen-bond donors (Lipinski definition) is 0. The van der Waals surface area contributed by atoms with Crippen LogP contribution in [0.4, 0.5) is 0 Å². The molecule has 0 aliphatic carbocycles. The van der Waals surface area contributed by atoms with Gasteiger partial charge in [0.15, 0.2) is 0 Å². The zero-order valence-corrected chi connectivity index (χ0v) is 14.5. The third-order valence-electron chi connectivity index (χ3n) is 2.71. The molecule has 0 aromatic heterocycles. The molecule has 0 aliphatic heterocycles. The molecule has 0 aromatic rings. The first-order chi connectivity index (χ1) is 9.65. The minimum atomic E-state index is -0.430. The summed E-state index contributed by atoms with van der Waals surface area (Å²) >= 11 is 0. The van der Waals surface area contributed by atoms with Crippen molar-refractivity contribution in [3.63, 3.8) is 0 Å². The smallest absolute Gasteiger partial charge is 0.334 e. The molecule has 0 unspecified atom stereocenters. The van der Waals surface area contributed by atoms with E-state index in [0.717, 1.165) is 0 Å². The Bertz CT molecular complexity index is 378. The SMILES string of the molecule is CC(C(=O)OCC(C)C)=C(CC(C)C)C(=O)OCC(C)C. The van der Waals surface area contributed by atoms with Crippen LogP contribution in [0.2, 0.25) is 0 Å². The van der Waals surface area contributed by atoms with Crippen LogP contribution in [0.3, 0.4) is 0 Å². The second kappa shape index (κ2) is 9.59. The number of carbonyl (C=O) groups is 2. The Morgan fingerprint density at radius 3 is 1.57 bits per heavy atom. The van der Waals surface area contributed by atoms with Crippen molar-refractivity contribution in [1.82, 2.24) is 0 Å². The highest BCUT2D eigenvalue weighted by Gasteiger charge is 2.21.